The van der Waals surface area contributed by atoms with E-state index < -0.39 is 0 Å². The van der Waals surface area contributed by atoms with E-state index >= 15 is 0 Å². The minimum atomic E-state index is -0.0438. The predicted molar refractivity (Wildman–Crippen MR) is 115 cm³/mol. The standard InChI is InChI=1S/C23H30N4O2/c1-29-19-10-8-18(9-11-19)21(26-13-2-3-14-26)17-25-23(28)20-7-6-12-24-22(20)27-15-4-5-16-27/h6-12,21H,2-5,13-17H2,1H3,(H,25,28). The number of carbonyl (C=O) groups excluding carboxylic acids is 1. The monoisotopic (exact) mass is 394 g/mol. The SMILES string of the molecule is COc1ccc(C(CNC(=O)c2cccnc2N2CCCC2)N2CCCC2)cc1. The van der Waals surface area contributed by atoms with Crippen LogP contribution in [0.5, 0.6) is 5.75 Å². The molecule has 2 aromatic rings. The number of anilines is 1. The largest absolute Gasteiger partial charge is 0.497 e. The Kier molecular flexibility index (Phi) is 6.30. The predicted octanol–water partition coefficient (Wildman–Crippen LogP) is 3.26. The normalized spacial score (nSPS) is 18.0. The summed E-state index contributed by atoms with van der Waals surface area (Å²) >= 11 is 0. The van der Waals surface area contributed by atoms with Gasteiger partial charge in [0.05, 0.1) is 18.7 Å². The molecule has 1 atom stereocenters. The van der Waals surface area contributed by atoms with E-state index in [1.54, 1.807) is 13.3 Å². The highest BCUT2D eigenvalue weighted by Gasteiger charge is 2.25. The van der Waals surface area contributed by atoms with E-state index in [0.717, 1.165) is 50.6 Å². The molecule has 2 saturated heterocycles. The summed E-state index contributed by atoms with van der Waals surface area (Å²) in [6.45, 7) is 4.66. The Balaban J connectivity index is 1.49. The fourth-order valence-electron chi connectivity index (χ4n) is 4.38. The van der Waals surface area contributed by atoms with Gasteiger partial charge in [-0.3, -0.25) is 9.69 Å². The van der Waals surface area contributed by atoms with Gasteiger partial charge in [0.15, 0.2) is 0 Å². The third-order valence-corrected chi connectivity index (χ3v) is 5.97. The van der Waals surface area contributed by atoms with Crippen LogP contribution in [0.2, 0.25) is 0 Å². The summed E-state index contributed by atoms with van der Waals surface area (Å²) < 4.78 is 5.30. The van der Waals surface area contributed by atoms with Gasteiger partial charge in [0.25, 0.3) is 5.91 Å². The molecule has 1 aromatic heterocycles. The number of nitrogens with zero attached hydrogens (tertiary/aromatic N) is 3. The molecule has 0 saturated carbocycles. The van der Waals surface area contributed by atoms with Gasteiger partial charge in [-0.05, 0) is 68.6 Å². The van der Waals surface area contributed by atoms with Gasteiger partial charge in [-0.1, -0.05) is 12.1 Å². The lowest BCUT2D eigenvalue weighted by Crippen LogP contribution is -2.37. The molecule has 29 heavy (non-hydrogen) atoms. The number of hydrogen-bond acceptors (Lipinski definition) is 5. The summed E-state index contributed by atoms with van der Waals surface area (Å²) in [5.74, 6) is 1.62. The van der Waals surface area contributed by atoms with E-state index in [4.69, 9.17) is 4.74 Å². The van der Waals surface area contributed by atoms with Crippen LogP contribution in [0.1, 0.15) is 47.6 Å². The molecule has 0 spiro atoms. The molecule has 6 nitrogen and oxygen atoms in total. The number of aromatic nitrogens is 1. The van der Waals surface area contributed by atoms with Crippen LogP contribution in [0.15, 0.2) is 42.6 Å². The van der Waals surface area contributed by atoms with Gasteiger partial charge >= 0.3 is 0 Å². The van der Waals surface area contributed by atoms with Crippen molar-refractivity contribution in [3.8, 4) is 5.75 Å². The number of ether oxygens (including phenoxy) is 1. The lowest BCUT2D eigenvalue weighted by molar-refractivity contribution is 0.0938. The molecule has 1 aromatic carbocycles. The van der Waals surface area contributed by atoms with Crippen molar-refractivity contribution >= 4 is 11.7 Å². The first kappa shape index (κ1) is 19.7. The van der Waals surface area contributed by atoms with Gasteiger partial charge in [-0.2, -0.15) is 0 Å². The molecule has 6 heteroatoms. The maximum Gasteiger partial charge on any atom is 0.255 e. The van der Waals surface area contributed by atoms with Gasteiger partial charge in [-0.15, -0.1) is 0 Å². The number of pyridine rings is 1. The average molecular weight is 395 g/mol. The number of methoxy groups -OCH3 is 1. The van der Waals surface area contributed by atoms with Crippen molar-refractivity contribution in [1.82, 2.24) is 15.2 Å². The van der Waals surface area contributed by atoms with Crippen molar-refractivity contribution in [3.05, 3.63) is 53.7 Å². The van der Waals surface area contributed by atoms with Gasteiger partial charge in [0.2, 0.25) is 0 Å². The van der Waals surface area contributed by atoms with E-state index in [1.165, 1.54) is 18.4 Å². The fraction of sp³-hybridized carbons (Fsp3) is 0.478. The zero-order valence-electron chi connectivity index (χ0n) is 17.1. The van der Waals surface area contributed by atoms with Crippen molar-refractivity contribution in [2.24, 2.45) is 0 Å². The zero-order valence-corrected chi connectivity index (χ0v) is 17.1. The van der Waals surface area contributed by atoms with Crippen LogP contribution >= 0.6 is 0 Å². The molecule has 2 fully saturated rings. The van der Waals surface area contributed by atoms with Crippen molar-refractivity contribution < 1.29 is 9.53 Å². The van der Waals surface area contributed by atoms with Crippen molar-refractivity contribution in [2.45, 2.75) is 31.7 Å². The Morgan fingerprint density at radius 1 is 1.07 bits per heavy atom. The fourth-order valence-corrected chi connectivity index (χ4v) is 4.38. The summed E-state index contributed by atoms with van der Waals surface area (Å²) in [6.07, 6.45) is 6.51. The molecule has 0 bridgehead atoms. The number of benzene rings is 1. The molecule has 3 heterocycles. The van der Waals surface area contributed by atoms with Crippen LogP contribution in [0, 0.1) is 0 Å². The highest BCUT2D eigenvalue weighted by Crippen LogP contribution is 2.27. The number of amides is 1. The summed E-state index contributed by atoms with van der Waals surface area (Å²) in [4.78, 5) is 22.2. The van der Waals surface area contributed by atoms with Gasteiger partial charge in [0.1, 0.15) is 11.6 Å². The third kappa shape index (κ3) is 4.53. The molecule has 154 valence electrons. The second kappa shape index (κ2) is 9.27. The van der Waals surface area contributed by atoms with Crippen molar-refractivity contribution in [1.29, 1.82) is 0 Å². The summed E-state index contributed by atoms with van der Waals surface area (Å²) in [6, 6.07) is 12.1. The minimum Gasteiger partial charge on any atom is -0.497 e. The molecule has 1 N–H and O–H groups in total. The highest BCUT2D eigenvalue weighted by molar-refractivity contribution is 5.98. The second-order valence-corrected chi connectivity index (χ2v) is 7.81. The Hall–Kier alpha value is -2.60. The molecule has 0 aliphatic carbocycles. The first-order chi connectivity index (χ1) is 14.3. The topological polar surface area (TPSA) is 57.7 Å². The number of nitrogens with one attached hydrogen (secondary N) is 1. The average Bonchev–Trinajstić information content (AvgIpc) is 3.49. The van der Waals surface area contributed by atoms with E-state index in [0.29, 0.717) is 12.1 Å². The maximum atomic E-state index is 13.1. The Bertz CT molecular complexity index is 812. The van der Waals surface area contributed by atoms with E-state index in [-0.39, 0.29) is 11.9 Å². The van der Waals surface area contributed by atoms with Crippen LogP contribution < -0.4 is 15.0 Å². The summed E-state index contributed by atoms with van der Waals surface area (Å²) in [7, 11) is 1.68. The van der Waals surface area contributed by atoms with Gasteiger partial charge in [-0.25, -0.2) is 4.98 Å². The highest BCUT2D eigenvalue weighted by atomic mass is 16.5. The van der Waals surface area contributed by atoms with Crippen LogP contribution in [0.4, 0.5) is 5.82 Å². The zero-order chi connectivity index (χ0) is 20.1. The van der Waals surface area contributed by atoms with Crippen molar-refractivity contribution in [2.75, 3.05) is 44.7 Å². The Morgan fingerprint density at radius 3 is 2.45 bits per heavy atom. The number of rotatable bonds is 7. The maximum absolute atomic E-state index is 13.1. The molecule has 0 radical (unpaired) electrons. The molecular formula is C23H30N4O2. The van der Waals surface area contributed by atoms with Crippen LogP contribution in [0.3, 0.4) is 0 Å². The van der Waals surface area contributed by atoms with E-state index in [9.17, 15) is 4.79 Å². The second-order valence-electron chi connectivity index (χ2n) is 7.81. The minimum absolute atomic E-state index is 0.0438. The third-order valence-electron chi connectivity index (χ3n) is 5.97. The number of carbonyl (C=O) groups is 1. The summed E-state index contributed by atoms with van der Waals surface area (Å²) in [5.41, 5.74) is 1.88. The molecule has 2 aliphatic heterocycles. The molecule has 4 rings (SSSR count). The van der Waals surface area contributed by atoms with Gasteiger partial charge in [0, 0.05) is 25.8 Å². The number of hydrogen-bond donors (Lipinski definition) is 1. The smallest absolute Gasteiger partial charge is 0.255 e. The molecule has 1 unspecified atom stereocenters. The first-order valence-corrected chi connectivity index (χ1v) is 10.6. The van der Waals surface area contributed by atoms with Gasteiger partial charge < -0.3 is 15.0 Å². The van der Waals surface area contributed by atoms with E-state index in [2.05, 4.69) is 32.2 Å². The molecule has 1 amide bonds. The lowest BCUT2D eigenvalue weighted by Gasteiger charge is -2.28. The van der Waals surface area contributed by atoms with E-state index in [1.807, 2.05) is 24.3 Å². The summed E-state index contributed by atoms with van der Waals surface area (Å²) in [5, 5.41) is 3.19. The van der Waals surface area contributed by atoms with Crippen molar-refractivity contribution in [3.63, 3.8) is 0 Å². The van der Waals surface area contributed by atoms with Crippen LogP contribution in [0.25, 0.3) is 0 Å². The molecule has 2 aliphatic rings. The first-order valence-electron chi connectivity index (χ1n) is 10.6. The lowest BCUT2D eigenvalue weighted by atomic mass is 10.0. The Labute approximate surface area is 172 Å². The molecular weight excluding hydrogens is 364 g/mol. The van der Waals surface area contributed by atoms with Crippen LogP contribution in [-0.4, -0.2) is 55.6 Å². The quantitative estimate of drug-likeness (QED) is 0.781. The number of likely N-dealkylation sites (tertiary alicyclic amines) is 1. The van der Waals surface area contributed by atoms with Crippen LogP contribution in [-0.2, 0) is 0 Å². The Morgan fingerprint density at radius 2 is 1.76 bits per heavy atom.